The number of alkyl halides is 3. The molecule has 4 rings (SSSR count). The molecular weight excluding hydrogens is 425 g/mol. The van der Waals surface area contributed by atoms with E-state index in [1.165, 1.54) is 6.07 Å². The smallest absolute Gasteiger partial charge is 0.433 e. The molecule has 0 bridgehead atoms. The number of nitrogens with zero attached hydrogens (tertiary/aromatic N) is 4. The second-order valence-electron chi connectivity index (χ2n) is 8.55. The quantitative estimate of drug-likeness (QED) is 0.719. The zero-order valence-corrected chi connectivity index (χ0v) is 18.2. The van der Waals surface area contributed by atoms with Gasteiger partial charge in [-0.1, -0.05) is 13.8 Å². The fraction of sp³-hybridized carbons (Fsp3) is 0.524. The summed E-state index contributed by atoms with van der Waals surface area (Å²) >= 11 is 0. The molecule has 1 aliphatic heterocycles. The molecule has 0 aromatic carbocycles. The Morgan fingerprint density at radius 2 is 1.97 bits per heavy atom. The molecule has 2 aromatic rings. The number of amides is 1. The van der Waals surface area contributed by atoms with Gasteiger partial charge in [-0.2, -0.15) is 18.2 Å². The molecule has 11 heteroatoms. The van der Waals surface area contributed by atoms with Gasteiger partial charge in [0.25, 0.3) is 0 Å². The summed E-state index contributed by atoms with van der Waals surface area (Å²) < 4.78 is 43.5. The van der Waals surface area contributed by atoms with Crippen molar-refractivity contribution in [2.45, 2.75) is 58.0 Å². The van der Waals surface area contributed by atoms with E-state index < -0.39 is 11.9 Å². The van der Waals surface area contributed by atoms with E-state index >= 15 is 0 Å². The fourth-order valence-corrected chi connectivity index (χ4v) is 4.05. The minimum Gasteiger partial charge on any atom is -0.489 e. The number of pyridine rings is 1. The van der Waals surface area contributed by atoms with E-state index in [2.05, 4.69) is 25.6 Å². The highest BCUT2D eigenvalue weighted by Gasteiger charge is 2.37. The Balaban J connectivity index is 1.37. The third-order valence-electron chi connectivity index (χ3n) is 5.73. The molecule has 0 spiro atoms. The number of aromatic nitrogens is 3. The Hall–Kier alpha value is -3.11. The van der Waals surface area contributed by atoms with Crippen molar-refractivity contribution in [1.82, 2.24) is 15.0 Å². The molecule has 2 aliphatic rings. The minimum atomic E-state index is -4.47. The maximum Gasteiger partial charge on any atom is 0.433 e. The monoisotopic (exact) mass is 450 g/mol. The first-order valence-electron chi connectivity index (χ1n) is 10.4. The highest BCUT2D eigenvalue weighted by molar-refractivity contribution is 6.03. The molecule has 1 unspecified atom stereocenters. The van der Waals surface area contributed by atoms with Crippen LogP contribution in [-0.4, -0.2) is 46.1 Å². The number of anilines is 3. The number of hydrogen-bond acceptors (Lipinski definition) is 7. The van der Waals surface area contributed by atoms with Gasteiger partial charge in [0.2, 0.25) is 11.9 Å². The van der Waals surface area contributed by atoms with Gasteiger partial charge in [0.1, 0.15) is 29.3 Å². The maximum atomic E-state index is 12.6. The molecule has 2 aromatic heterocycles. The van der Waals surface area contributed by atoms with Gasteiger partial charge in [-0.15, -0.1) is 0 Å². The lowest BCUT2D eigenvalue weighted by molar-refractivity contribution is -0.141. The molecule has 0 radical (unpaired) electrons. The summed E-state index contributed by atoms with van der Waals surface area (Å²) in [5, 5.41) is 6.20. The first-order valence-corrected chi connectivity index (χ1v) is 10.4. The van der Waals surface area contributed by atoms with Crippen LogP contribution in [0.1, 0.15) is 38.1 Å². The van der Waals surface area contributed by atoms with Crippen molar-refractivity contribution in [2.24, 2.45) is 5.92 Å². The number of carbonyl (C=O) groups is 1. The van der Waals surface area contributed by atoms with E-state index in [1.807, 2.05) is 32.7 Å². The van der Waals surface area contributed by atoms with Crippen molar-refractivity contribution in [3.8, 4) is 5.75 Å². The molecule has 172 valence electrons. The Labute approximate surface area is 183 Å². The van der Waals surface area contributed by atoms with Crippen LogP contribution in [0.25, 0.3) is 0 Å². The summed E-state index contributed by atoms with van der Waals surface area (Å²) in [6.07, 6.45) is -2.20. The van der Waals surface area contributed by atoms with Crippen molar-refractivity contribution in [2.75, 3.05) is 22.6 Å². The molecule has 3 heterocycles. The molecule has 1 fully saturated rings. The largest absolute Gasteiger partial charge is 0.489 e. The molecule has 1 aliphatic carbocycles. The number of likely N-dealkylation sites (N-methyl/N-ethyl adjacent to an activating group) is 1. The first-order chi connectivity index (χ1) is 15.0. The van der Waals surface area contributed by atoms with E-state index in [9.17, 15) is 18.0 Å². The van der Waals surface area contributed by atoms with Crippen LogP contribution in [0.2, 0.25) is 0 Å². The molecule has 1 atom stereocenters. The zero-order chi connectivity index (χ0) is 23.2. The Morgan fingerprint density at radius 3 is 2.56 bits per heavy atom. The summed E-state index contributed by atoms with van der Waals surface area (Å²) in [5.41, 5.74) is 0.339. The topological polar surface area (TPSA) is 92.3 Å². The van der Waals surface area contributed by atoms with Crippen molar-refractivity contribution < 1.29 is 22.7 Å². The second kappa shape index (κ2) is 8.10. The second-order valence-corrected chi connectivity index (χ2v) is 8.55. The first kappa shape index (κ1) is 22.1. The number of fused-ring (bicyclic) bond motifs is 1. The minimum absolute atomic E-state index is 0.0702. The highest BCUT2D eigenvalue weighted by Crippen LogP contribution is 2.35. The van der Waals surface area contributed by atoms with Crippen LogP contribution < -0.4 is 20.3 Å². The van der Waals surface area contributed by atoms with Crippen molar-refractivity contribution in [1.29, 1.82) is 0 Å². The van der Waals surface area contributed by atoms with E-state index in [4.69, 9.17) is 4.74 Å². The predicted octanol–water partition coefficient (Wildman–Crippen LogP) is 3.63. The van der Waals surface area contributed by atoms with Gasteiger partial charge >= 0.3 is 6.18 Å². The van der Waals surface area contributed by atoms with E-state index in [0.717, 1.165) is 12.3 Å². The normalized spacial score (nSPS) is 22.8. The van der Waals surface area contributed by atoms with Gasteiger partial charge in [-0.3, -0.25) is 4.79 Å². The molecular formula is C21H25F3N6O2. The Bertz CT molecular complexity index is 1010. The van der Waals surface area contributed by atoms with Gasteiger partial charge in [0.15, 0.2) is 5.82 Å². The number of aryl methyl sites for hydroxylation is 1. The number of rotatable bonds is 5. The Morgan fingerprint density at radius 1 is 1.25 bits per heavy atom. The van der Waals surface area contributed by atoms with Gasteiger partial charge in [-0.05, 0) is 25.0 Å². The lowest BCUT2D eigenvalue weighted by Crippen LogP contribution is -2.50. The van der Waals surface area contributed by atoms with Crippen molar-refractivity contribution in [3.63, 3.8) is 0 Å². The summed E-state index contributed by atoms with van der Waals surface area (Å²) in [6, 6.07) is 1.95. The third-order valence-corrected chi connectivity index (χ3v) is 5.73. The number of carbonyl (C=O) groups excluding carboxylic acids is 1. The van der Waals surface area contributed by atoms with Gasteiger partial charge < -0.3 is 20.3 Å². The number of nitrogens with one attached hydrogen (secondary N) is 2. The summed E-state index contributed by atoms with van der Waals surface area (Å²) in [7, 11) is 1.85. The van der Waals surface area contributed by atoms with Crippen LogP contribution in [0, 0.1) is 12.8 Å². The molecule has 2 N–H and O–H groups in total. The van der Waals surface area contributed by atoms with E-state index in [1.54, 1.807) is 0 Å². The van der Waals surface area contributed by atoms with Crippen LogP contribution in [0.15, 0.2) is 18.3 Å². The molecule has 1 amide bonds. The number of halogens is 3. The van der Waals surface area contributed by atoms with E-state index in [-0.39, 0.29) is 30.0 Å². The Kier molecular flexibility index (Phi) is 5.59. The van der Waals surface area contributed by atoms with Crippen LogP contribution in [0.4, 0.5) is 30.6 Å². The average Bonchev–Trinajstić information content (AvgIpc) is 2.67. The van der Waals surface area contributed by atoms with Gasteiger partial charge in [0.05, 0.1) is 11.9 Å². The van der Waals surface area contributed by atoms with Crippen LogP contribution >= 0.6 is 0 Å². The predicted molar refractivity (Wildman–Crippen MR) is 113 cm³/mol. The standard InChI is InChI=1S/C21H25F3N6O2/c1-10(2)17-19(31)28-16-11(3)26-20(29-18(16)30(17)4)27-12-7-14(8-12)32-13-5-6-15(25-9-13)21(22,23)24/h5-6,9-10,12,14,17H,7-8H2,1-4H3,(H,28,31)(H,26,27,29)/t12-,14-,17?. The lowest BCUT2D eigenvalue weighted by Gasteiger charge is -2.38. The number of hydrogen-bond donors (Lipinski definition) is 2. The van der Waals surface area contributed by atoms with Crippen LogP contribution in [0.5, 0.6) is 5.75 Å². The summed E-state index contributed by atoms with van der Waals surface area (Å²) in [4.78, 5) is 26.8. The lowest BCUT2D eigenvalue weighted by atomic mass is 9.89. The van der Waals surface area contributed by atoms with Crippen LogP contribution in [-0.2, 0) is 11.0 Å². The fourth-order valence-electron chi connectivity index (χ4n) is 4.05. The highest BCUT2D eigenvalue weighted by atomic mass is 19.4. The maximum absolute atomic E-state index is 12.6. The van der Waals surface area contributed by atoms with Crippen molar-refractivity contribution >= 4 is 23.4 Å². The summed E-state index contributed by atoms with van der Waals surface area (Å²) in [5.74, 6) is 1.48. The average molecular weight is 450 g/mol. The third kappa shape index (κ3) is 4.28. The van der Waals surface area contributed by atoms with Crippen molar-refractivity contribution in [3.05, 3.63) is 29.7 Å². The van der Waals surface area contributed by atoms with Gasteiger partial charge in [0, 0.05) is 25.9 Å². The van der Waals surface area contributed by atoms with E-state index in [0.29, 0.717) is 41.7 Å². The number of ether oxygens (including phenoxy) is 1. The summed E-state index contributed by atoms with van der Waals surface area (Å²) in [6.45, 7) is 5.79. The van der Waals surface area contributed by atoms with Crippen LogP contribution in [0.3, 0.4) is 0 Å². The zero-order valence-electron chi connectivity index (χ0n) is 18.2. The SMILES string of the molecule is Cc1nc(N[C@H]2C[C@H](Oc3ccc(C(F)(F)F)nc3)C2)nc2c1NC(=O)C(C(C)C)N2C. The molecule has 0 saturated heterocycles. The molecule has 32 heavy (non-hydrogen) atoms. The molecule has 1 saturated carbocycles. The molecule has 8 nitrogen and oxygen atoms in total. The van der Waals surface area contributed by atoms with Gasteiger partial charge in [-0.25, -0.2) is 9.97 Å².